The molecule has 10 nitrogen and oxygen atoms in total. The van der Waals surface area contributed by atoms with Crippen molar-refractivity contribution >= 4 is 21.6 Å². The zero-order valence-corrected chi connectivity index (χ0v) is 19.2. The number of rotatable bonds is 8. The summed E-state index contributed by atoms with van der Waals surface area (Å²) in [5.74, 6) is 1.22. The fourth-order valence-corrected chi connectivity index (χ4v) is 5.20. The number of non-ortho nitro benzene ring substituents is 1. The molecule has 2 aromatic carbocycles. The molecule has 1 fully saturated rings. The molecule has 34 heavy (non-hydrogen) atoms. The molecule has 0 bridgehead atoms. The summed E-state index contributed by atoms with van der Waals surface area (Å²) in [5.41, 5.74) is 0.772. The number of hydrogen-bond donors (Lipinski definition) is 0. The average molecular weight is 485 g/mol. The van der Waals surface area contributed by atoms with Crippen LogP contribution < -0.4 is 0 Å². The molecule has 1 aliphatic rings. The van der Waals surface area contributed by atoms with Crippen LogP contribution >= 0.6 is 0 Å². The van der Waals surface area contributed by atoms with Crippen molar-refractivity contribution in [2.75, 3.05) is 26.2 Å². The summed E-state index contributed by atoms with van der Waals surface area (Å²) in [6, 6.07) is 14.5. The Hall–Kier alpha value is -3.57. The second kappa shape index (κ2) is 10.1. The summed E-state index contributed by atoms with van der Waals surface area (Å²) in [4.78, 5) is 28.7. The number of sulfonamides is 1. The minimum Gasteiger partial charge on any atom is -0.441 e. The fraction of sp³-hybridized carbons (Fsp3) is 0.304. The van der Waals surface area contributed by atoms with Crippen molar-refractivity contribution in [2.24, 2.45) is 0 Å². The van der Waals surface area contributed by atoms with Crippen LogP contribution in [0.1, 0.15) is 18.7 Å². The number of benzene rings is 2. The van der Waals surface area contributed by atoms with E-state index in [2.05, 4.69) is 4.98 Å². The molecule has 4 rings (SSSR count). The Bertz CT molecular complexity index is 1250. The molecule has 0 N–H and O–H groups in total. The van der Waals surface area contributed by atoms with E-state index in [0.29, 0.717) is 44.0 Å². The highest BCUT2D eigenvalue weighted by molar-refractivity contribution is 7.89. The van der Waals surface area contributed by atoms with Gasteiger partial charge in [-0.1, -0.05) is 30.3 Å². The second-order valence-corrected chi connectivity index (χ2v) is 9.81. The van der Waals surface area contributed by atoms with E-state index in [1.54, 1.807) is 11.1 Å². The van der Waals surface area contributed by atoms with E-state index in [1.165, 1.54) is 28.6 Å². The summed E-state index contributed by atoms with van der Waals surface area (Å²) < 4.78 is 32.7. The van der Waals surface area contributed by atoms with Crippen molar-refractivity contribution in [2.45, 2.75) is 24.2 Å². The molecular formula is C23H24N4O6S. The molecule has 0 aliphatic carbocycles. The number of nitrogens with zero attached hydrogens (tertiary/aromatic N) is 4. The van der Waals surface area contributed by atoms with E-state index in [4.69, 9.17) is 4.42 Å². The van der Waals surface area contributed by atoms with Crippen molar-refractivity contribution < 1.29 is 22.6 Å². The minimum absolute atomic E-state index is 0.00121. The summed E-state index contributed by atoms with van der Waals surface area (Å²) in [7, 11) is -3.78. The van der Waals surface area contributed by atoms with Gasteiger partial charge in [-0.05, 0) is 18.6 Å². The Balaban J connectivity index is 1.25. The van der Waals surface area contributed by atoms with Crippen LogP contribution in [0.2, 0.25) is 0 Å². The third kappa shape index (κ3) is 5.32. The van der Waals surface area contributed by atoms with Gasteiger partial charge in [-0.25, -0.2) is 13.4 Å². The van der Waals surface area contributed by atoms with Crippen LogP contribution in [0.3, 0.4) is 0 Å². The van der Waals surface area contributed by atoms with Gasteiger partial charge in [0.2, 0.25) is 15.9 Å². The van der Waals surface area contributed by atoms with E-state index in [1.807, 2.05) is 30.3 Å². The molecule has 1 amide bonds. The second-order valence-electron chi connectivity index (χ2n) is 7.87. The molecule has 0 saturated carbocycles. The lowest BCUT2D eigenvalue weighted by atomic mass is 10.2. The highest BCUT2D eigenvalue weighted by Gasteiger charge is 2.30. The Morgan fingerprint density at radius 1 is 1.03 bits per heavy atom. The molecule has 0 unspecified atom stereocenters. The van der Waals surface area contributed by atoms with Gasteiger partial charge >= 0.3 is 0 Å². The largest absolute Gasteiger partial charge is 0.441 e. The van der Waals surface area contributed by atoms with Crippen molar-refractivity contribution in [1.29, 1.82) is 0 Å². The normalized spacial score (nSPS) is 14.8. The average Bonchev–Trinajstić information content (AvgIpc) is 3.33. The van der Waals surface area contributed by atoms with Gasteiger partial charge in [-0.15, -0.1) is 0 Å². The summed E-state index contributed by atoms with van der Waals surface area (Å²) in [6.45, 7) is 0.931. The maximum atomic E-state index is 12.8. The quantitative estimate of drug-likeness (QED) is 0.355. The Morgan fingerprint density at radius 2 is 1.71 bits per heavy atom. The van der Waals surface area contributed by atoms with Crippen LogP contribution in [0.4, 0.5) is 5.69 Å². The van der Waals surface area contributed by atoms with E-state index in [-0.39, 0.29) is 29.6 Å². The molecule has 0 atom stereocenters. The molecule has 3 aromatic rings. The SMILES string of the molecule is O=C(CCCc1ncc(-c2ccccc2)o1)N1CCN(S(=O)(=O)c2ccc([N+](=O)[O-])cc2)CC1. The van der Waals surface area contributed by atoms with E-state index < -0.39 is 14.9 Å². The number of aromatic nitrogens is 1. The summed E-state index contributed by atoms with van der Waals surface area (Å²) in [6.07, 6.45) is 3.11. The number of amides is 1. The van der Waals surface area contributed by atoms with Crippen molar-refractivity contribution in [3.05, 3.63) is 76.8 Å². The third-order valence-corrected chi connectivity index (χ3v) is 7.58. The maximum Gasteiger partial charge on any atom is 0.269 e. The standard InChI is InChI=1S/C23H24N4O6S/c28-23(8-4-7-22-24-17-21(33-22)18-5-2-1-3-6-18)25-13-15-26(16-14-25)34(31,32)20-11-9-19(10-12-20)27(29)30/h1-3,5-6,9-12,17H,4,7-8,13-16H2. The van der Waals surface area contributed by atoms with Crippen molar-refractivity contribution in [3.8, 4) is 11.3 Å². The molecule has 178 valence electrons. The monoisotopic (exact) mass is 484 g/mol. The van der Waals surface area contributed by atoms with Gasteiger partial charge in [-0.2, -0.15) is 4.31 Å². The van der Waals surface area contributed by atoms with Crippen molar-refractivity contribution in [3.63, 3.8) is 0 Å². The lowest BCUT2D eigenvalue weighted by Crippen LogP contribution is -2.50. The van der Waals surface area contributed by atoms with E-state index in [9.17, 15) is 23.3 Å². The predicted molar refractivity (Wildman–Crippen MR) is 123 cm³/mol. The smallest absolute Gasteiger partial charge is 0.269 e. The molecule has 1 saturated heterocycles. The highest BCUT2D eigenvalue weighted by Crippen LogP contribution is 2.22. The zero-order chi connectivity index (χ0) is 24.1. The fourth-order valence-electron chi connectivity index (χ4n) is 3.78. The molecule has 1 aliphatic heterocycles. The van der Waals surface area contributed by atoms with Crippen LogP contribution in [0.25, 0.3) is 11.3 Å². The van der Waals surface area contributed by atoms with Gasteiger partial charge in [0.05, 0.1) is 16.0 Å². The van der Waals surface area contributed by atoms with Gasteiger partial charge in [-0.3, -0.25) is 14.9 Å². The number of oxazole rings is 1. The molecule has 11 heteroatoms. The Morgan fingerprint density at radius 3 is 2.35 bits per heavy atom. The van der Waals surface area contributed by atoms with Crippen LogP contribution in [-0.2, 0) is 21.2 Å². The molecule has 1 aromatic heterocycles. The maximum absolute atomic E-state index is 12.8. The molecule has 0 spiro atoms. The minimum atomic E-state index is -3.78. The van der Waals surface area contributed by atoms with Crippen LogP contribution in [0, 0.1) is 10.1 Å². The topological polar surface area (TPSA) is 127 Å². The number of piperazine rings is 1. The summed E-state index contributed by atoms with van der Waals surface area (Å²) in [5, 5.41) is 10.8. The van der Waals surface area contributed by atoms with Crippen LogP contribution in [0.15, 0.2) is 70.1 Å². The van der Waals surface area contributed by atoms with Gasteiger partial charge in [0.25, 0.3) is 5.69 Å². The molecule has 2 heterocycles. The van der Waals surface area contributed by atoms with Gasteiger partial charge in [0.1, 0.15) is 0 Å². The lowest BCUT2D eigenvalue weighted by molar-refractivity contribution is -0.384. The van der Waals surface area contributed by atoms with Crippen LogP contribution in [-0.4, -0.2) is 59.6 Å². The van der Waals surface area contributed by atoms with Gasteiger partial charge in [0.15, 0.2) is 11.7 Å². The number of hydrogen-bond acceptors (Lipinski definition) is 7. The lowest BCUT2D eigenvalue weighted by Gasteiger charge is -2.34. The first-order chi connectivity index (χ1) is 16.3. The first-order valence-electron chi connectivity index (χ1n) is 10.9. The third-order valence-electron chi connectivity index (χ3n) is 5.67. The number of nitro benzene ring substituents is 1. The Labute approximate surface area is 197 Å². The number of aryl methyl sites for hydroxylation is 1. The van der Waals surface area contributed by atoms with E-state index in [0.717, 1.165) is 5.56 Å². The number of carbonyl (C=O) groups is 1. The Kier molecular flexibility index (Phi) is 7.03. The highest BCUT2D eigenvalue weighted by atomic mass is 32.2. The first-order valence-corrected chi connectivity index (χ1v) is 12.3. The van der Waals surface area contributed by atoms with Gasteiger partial charge in [0, 0.05) is 56.7 Å². The van der Waals surface area contributed by atoms with Gasteiger partial charge < -0.3 is 9.32 Å². The molecular weight excluding hydrogens is 460 g/mol. The number of carbonyl (C=O) groups excluding carboxylic acids is 1. The summed E-state index contributed by atoms with van der Waals surface area (Å²) >= 11 is 0. The van der Waals surface area contributed by atoms with Crippen molar-refractivity contribution in [1.82, 2.24) is 14.2 Å². The zero-order valence-electron chi connectivity index (χ0n) is 18.4. The first kappa shape index (κ1) is 23.6. The molecule has 0 radical (unpaired) electrons. The van der Waals surface area contributed by atoms with Crippen LogP contribution in [0.5, 0.6) is 0 Å². The number of nitro groups is 1. The van der Waals surface area contributed by atoms with E-state index >= 15 is 0 Å². The predicted octanol–water partition coefficient (Wildman–Crippen LogP) is 3.11.